The van der Waals surface area contributed by atoms with Crippen molar-refractivity contribution in [2.24, 2.45) is 0 Å². The summed E-state index contributed by atoms with van der Waals surface area (Å²) in [5.41, 5.74) is 3.78. The molecule has 374 valence electrons. The van der Waals surface area contributed by atoms with Crippen LogP contribution in [-0.4, -0.2) is 121 Å². The van der Waals surface area contributed by atoms with Gasteiger partial charge in [0.15, 0.2) is 0 Å². The van der Waals surface area contributed by atoms with Crippen LogP contribution in [0.1, 0.15) is 65.7 Å². The number of hydrogen-bond donors (Lipinski definition) is 0. The quantitative estimate of drug-likeness (QED) is 0.0656. The van der Waals surface area contributed by atoms with Gasteiger partial charge in [0.25, 0.3) is 0 Å². The molecule has 2 aliphatic heterocycles. The van der Waals surface area contributed by atoms with Crippen LogP contribution in [0.2, 0.25) is 51.4 Å². The molecule has 9 rings (SSSR count). The molecule has 0 unspecified atom stereocenters. The van der Waals surface area contributed by atoms with E-state index in [1.807, 2.05) is 77.7 Å². The van der Waals surface area contributed by atoms with E-state index in [9.17, 15) is 15.3 Å². The van der Waals surface area contributed by atoms with Gasteiger partial charge in [-0.1, -0.05) is 39.3 Å². The first-order chi connectivity index (χ1) is 33.3. The summed E-state index contributed by atoms with van der Waals surface area (Å²) in [5.74, 6) is 0. The Labute approximate surface area is 413 Å². The standard InChI is InChI=1S/C25H35N7O3Si.C21H28N6OSi.C4H8O/c1-24(2,3)35-23(33)31-15-25(16-31,8-9-26)32-14-19(13-29-32)21-20-7-10-30(22(20)28-17-27-21)18-34-11-12-36(4,5)6;1-29(2,3)12-11-28-16-26-10-5-18-19(23-15-24-20(18)26)17-13-25-27(14-17)21(8-9-22)6-4-7-21;1-2-4-5-3-1/h7,10,13-14,17H,8,11-12,15-16,18H2,1-6H3;5,10,13-15H,4,6-8,11-12,16H2,1-3H3;1-4H2. The first-order valence-corrected chi connectivity index (χ1v) is 31.9. The van der Waals surface area contributed by atoms with Crippen LogP contribution in [0.4, 0.5) is 4.79 Å². The van der Waals surface area contributed by atoms with E-state index in [4.69, 9.17) is 18.9 Å². The normalized spacial score (nSPS) is 16.3. The summed E-state index contributed by atoms with van der Waals surface area (Å²) in [6.07, 6.45) is 20.7. The van der Waals surface area contributed by atoms with Crippen LogP contribution in [0.25, 0.3) is 44.6 Å². The maximum absolute atomic E-state index is 12.4. The fraction of sp³-hybridized carbons (Fsp3) is 0.580. The molecule has 0 spiro atoms. The Morgan fingerprint density at radius 2 is 1.19 bits per heavy atom. The molecule has 0 radical (unpaired) electrons. The Morgan fingerprint density at radius 1 is 0.714 bits per heavy atom. The summed E-state index contributed by atoms with van der Waals surface area (Å²) < 4.78 is 30.0. The molecule has 3 aliphatic rings. The smallest absolute Gasteiger partial charge is 0.410 e. The molecule has 6 aromatic heterocycles. The Morgan fingerprint density at radius 3 is 1.59 bits per heavy atom. The highest BCUT2D eigenvalue weighted by Crippen LogP contribution is 2.42. The lowest BCUT2D eigenvalue weighted by Crippen LogP contribution is -2.64. The zero-order valence-corrected chi connectivity index (χ0v) is 44.6. The molecule has 1 aliphatic carbocycles. The van der Waals surface area contributed by atoms with Gasteiger partial charge in [-0.2, -0.15) is 20.7 Å². The third-order valence-corrected chi connectivity index (χ3v) is 16.2. The third kappa shape index (κ3) is 12.9. The number of hydrogen-bond acceptors (Lipinski definition) is 13. The second kappa shape index (κ2) is 22.1. The Bertz CT molecular complexity index is 2760. The highest BCUT2D eigenvalue weighted by Gasteiger charge is 2.49. The SMILES string of the molecule is C1CCOC1.CC(C)(C)OC(=O)N1CC(CC#N)(n2cc(-c3ncnc4c3ccn4COCC[Si](C)(C)C)cn2)C1.C[Si](C)(C)CCOCn1ccc2c(-c3cnn(C4(CC#N)CCC4)c3)ncnc21. The predicted molar refractivity (Wildman–Crippen MR) is 274 cm³/mol. The predicted octanol–water partition coefficient (Wildman–Crippen LogP) is 9.66. The van der Waals surface area contributed by atoms with Gasteiger partial charge in [0.05, 0.1) is 67.4 Å². The van der Waals surface area contributed by atoms with Gasteiger partial charge in [0.1, 0.15) is 48.6 Å². The minimum absolute atomic E-state index is 0.144. The molecule has 70 heavy (non-hydrogen) atoms. The van der Waals surface area contributed by atoms with Crippen LogP contribution in [0.5, 0.6) is 0 Å². The summed E-state index contributed by atoms with van der Waals surface area (Å²) >= 11 is 0. The average Bonchev–Trinajstić information content (AvgIpc) is 4.14. The molecule has 18 nitrogen and oxygen atoms in total. The number of likely N-dealkylation sites (tertiary alicyclic amines) is 1. The minimum atomic E-state index is -1.14. The Hall–Kier alpha value is -5.78. The van der Waals surface area contributed by atoms with Crippen LogP contribution in [-0.2, 0) is 43.5 Å². The van der Waals surface area contributed by atoms with Crippen molar-refractivity contribution in [2.45, 2.75) is 147 Å². The molecular formula is C50H71N13O5Si2. The molecule has 0 bridgehead atoms. The number of amides is 1. The van der Waals surface area contributed by atoms with Crippen LogP contribution >= 0.6 is 0 Å². The van der Waals surface area contributed by atoms with E-state index in [1.165, 1.54) is 12.8 Å². The van der Waals surface area contributed by atoms with Gasteiger partial charge in [0, 0.05) is 89.3 Å². The van der Waals surface area contributed by atoms with Crippen molar-refractivity contribution in [1.82, 2.24) is 53.5 Å². The molecule has 3 fully saturated rings. The third-order valence-electron chi connectivity index (χ3n) is 12.8. The van der Waals surface area contributed by atoms with Crippen LogP contribution in [0.3, 0.4) is 0 Å². The zero-order chi connectivity index (χ0) is 50.2. The Kier molecular flexibility index (Phi) is 16.4. The topological polar surface area (TPSA) is 202 Å². The first kappa shape index (κ1) is 52.1. The first-order valence-electron chi connectivity index (χ1n) is 24.5. The molecular weight excluding hydrogens is 919 g/mol. The van der Waals surface area contributed by atoms with E-state index in [0.29, 0.717) is 33.0 Å². The second-order valence-electron chi connectivity index (χ2n) is 22.2. The molecule has 0 aromatic carbocycles. The summed E-state index contributed by atoms with van der Waals surface area (Å²) in [5, 5.41) is 29.7. The number of carbonyl (C=O) groups excluding carboxylic acids is 1. The monoisotopic (exact) mass is 990 g/mol. The molecule has 0 N–H and O–H groups in total. The van der Waals surface area contributed by atoms with Gasteiger partial charge in [-0.3, -0.25) is 9.36 Å². The van der Waals surface area contributed by atoms with Crippen molar-refractivity contribution in [1.29, 1.82) is 10.5 Å². The highest BCUT2D eigenvalue weighted by molar-refractivity contribution is 6.76. The number of rotatable bonds is 16. The minimum Gasteiger partial charge on any atom is -0.444 e. The lowest BCUT2D eigenvalue weighted by Gasteiger charge is -2.48. The van der Waals surface area contributed by atoms with E-state index in [0.717, 1.165) is 102 Å². The summed E-state index contributed by atoms with van der Waals surface area (Å²) in [6.45, 7) is 24.7. The lowest BCUT2D eigenvalue weighted by molar-refractivity contribution is -0.0314. The molecule has 2 saturated heterocycles. The van der Waals surface area contributed by atoms with E-state index < -0.39 is 27.3 Å². The number of nitrogens with zero attached hydrogens (tertiary/aromatic N) is 13. The van der Waals surface area contributed by atoms with Crippen molar-refractivity contribution in [3.63, 3.8) is 0 Å². The molecule has 0 atom stereocenters. The molecule has 6 aromatic rings. The molecule has 8 heterocycles. The summed E-state index contributed by atoms with van der Waals surface area (Å²) in [6, 6.07) is 10.9. The van der Waals surface area contributed by atoms with Gasteiger partial charge in [-0.15, -0.1) is 0 Å². The van der Waals surface area contributed by atoms with Crippen molar-refractivity contribution < 1.29 is 23.7 Å². The fourth-order valence-corrected chi connectivity index (χ4v) is 10.0. The number of aromatic nitrogens is 10. The van der Waals surface area contributed by atoms with Crippen molar-refractivity contribution in [3.05, 3.63) is 62.0 Å². The van der Waals surface area contributed by atoms with Gasteiger partial charge >= 0.3 is 6.09 Å². The van der Waals surface area contributed by atoms with Gasteiger partial charge in [0.2, 0.25) is 0 Å². The zero-order valence-electron chi connectivity index (χ0n) is 42.6. The van der Waals surface area contributed by atoms with Crippen molar-refractivity contribution in [3.8, 4) is 34.7 Å². The van der Waals surface area contributed by atoms with E-state index in [2.05, 4.69) is 81.6 Å². The average molecular weight is 990 g/mol. The summed E-state index contributed by atoms with van der Waals surface area (Å²) in [7, 11) is -2.24. The van der Waals surface area contributed by atoms with Gasteiger partial charge in [-0.05, 0) is 77.1 Å². The lowest BCUT2D eigenvalue weighted by atomic mass is 9.75. The largest absolute Gasteiger partial charge is 0.444 e. The number of fused-ring (bicyclic) bond motifs is 2. The number of nitriles is 2. The Balaban J connectivity index is 0.000000190. The van der Waals surface area contributed by atoms with E-state index in [1.54, 1.807) is 28.4 Å². The highest BCUT2D eigenvalue weighted by atomic mass is 28.3. The van der Waals surface area contributed by atoms with E-state index >= 15 is 0 Å². The second-order valence-corrected chi connectivity index (χ2v) is 33.4. The summed E-state index contributed by atoms with van der Waals surface area (Å²) in [4.78, 5) is 32.1. The number of carbonyl (C=O) groups is 1. The molecule has 1 amide bonds. The molecule has 1 saturated carbocycles. The van der Waals surface area contributed by atoms with Crippen molar-refractivity contribution in [2.75, 3.05) is 39.5 Å². The van der Waals surface area contributed by atoms with Crippen LogP contribution in [0.15, 0.2) is 62.0 Å². The molecule has 20 heteroatoms. The maximum atomic E-state index is 12.4. The number of ether oxygens (including phenoxy) is 4. The van der Waals surface area contributed by atoms with Crippen LogP contribution in [0, 0.1) is 22.7 Å². The van der Waals surface area contributed by atoms with Gasteiger partial charge < -0.3 is 33.0 Å². The fourth-order valence-electron chi connectivity index (χ4n) is 8.50. The maximum Gasteiger partial charge on any atom is 0.410 e. The van der Waals surface area contributed by atoms with E-state index in [-0.39, 0.29) is 18.1 Å². The van der Waals surface area contributed by atoms with Crippen molar-refractivity contribution >= 4 is 44.3 Å². The van der Waals surface area contributed by atoms with Gasteiger partial charge in [-0.25, -0.2) is 24.7 Å². The van der Waals surface area contributed by atoms with Crippen LogP contribution < -0.4 is 0 Å².